The summed E-state index contributed by atoms with van der Waals surface area (Å²) in [6.45, 7) is -0.0617. The summed E-state index contributed by atoms with van der Waals surface area (Å²) in [5.41, 5.74) is 0.534. The number of halogens is 3. The van der Waals surface area contributed by atoms with Gasteiger partial charge >= 0.3 is 11.9 Å². The maximum Gasteiger partial charge on any atom is 0.422 e. The summed E-state index contributed by atoms with van der Waals surface area (Å²) in [4.78, 5) is 17.0. The van der Waals surface area contributed by atoms with E-state index in [-0.39, 0.29) is 27.9 Å². The summed E-state index contributed by atoms with van der Waals surface area (Å²) < 4.78 is 69.4. The van der Waals surface area contributed by atoms with Crippen molar-refractivity contribution in [3.05, 3.63) is 71.4 Å². The molecule has 12 heteroatoms. The Bertz CT molecular complexity index is 1480. The van der Waals surface area contributed by atoms with Crippen LogP contribution in [0.3, 0.4) is 0 Å². The van der Waals surface area contributed by atoms with Crippen LogP contribution in [-0.4, -0.2) is 46.1 Å². The lowest BCUT2D eigenvalue weighted by molar-refractivity contribution is -0.153. The van der Waals surface area contributed by atoms with Crippen molar-refractivity contribution >= 4 is 15.5 Å². The molecular formula is C21H17F3N4O4S. The van der Waals surface area contributed by atoms with Gasteiger partial charge in [0.15, 0.2) is 27.9 Å². The molecule has 0 saturated carbocycles. The molecule has 0 atom stereocenters. The number of alkyl halides is 3. The minimum absolute atomic E-state index is 0.0770. The Morgan fingerprint density at radius 3 is 2.45 bits per heavy atom. The highest BCUT2D eigenvalue weighted by Crippen LogP contribution is 2.26. The lowest BCUT2D eigenvalue weighted by atomic mass is 10.1. The molecule has 1 aromatic carbocycles. The zero-order valence-corrected chi connectivity index (χ0v) is 18.0. The first kappa shape index (κ1) is 22.5. The summed E-state index contributed by atoms with van der Waals surface area (Å²) in [6, 6.07) is 12.9. The van der Waals surface area contributed by atoms with Crippen LogP contribution in [0.25, 0.3) is 22.6 Å². The van der Waals surface area contributed by atoms with E-state index < -0.39 is 28.3 Å². The molecule has 3 heterocycles. The fourth-order valence-corrected chi connectivity index (χ4v) is 4.15. The molecule has 0 N–H and O–H groups in total. The molecule has 0 saturated heterocycles. The number of hydrogen-bond acceptors (Lipinski definition) is 6. The van der Waals surface area contributed by atoms with E-state index in [1.54, 1.807) is 24.3 Å². The molecule has 4 aromatic rings. The van der Waals surface area contributed by atoms with Crippen LogP contribution in [0.5, 0.6) is 5.75 Å². The van der Waals surface area contributed by atoms with Gasteiger partial charge in [-0.15, -0.1) is 5.10 Å². The maximum atomic E-state index is 13.0. The molecule has 3 aromatic heterocycles. The zero-order chi connectivity index (χ0) is 23.8. The van der Waals surface area contributed by atoms with E-state index in [0.717, 1.165) is 20.8 Å². The fraction of sp³-hybridized carbons (Fsp3) is 0.190. The third kappa shape index (κ3) is 4.60. The summed E-state index contributed by atoms with van der Waals surface area (Å²) in [7, 11) is -3.82. The van der Waals surface area contributed by atoms with E-state index in [1.807, 2.05) is 6.07 Å². The second-order valence-corrected chi connectivity index (χ2v) is 9.25. The molecule has 172 valence electrons. The number of benzene rings is 1. The van der Waals surface area contributed by atoms with Crippen LogP contribution >= 0.6 is 0 Å². The fourth-order valence-electron chi connectivity index (χ4n) is 3.11. The first-order valence-corrected chi connectivity index (χ1v) is 11.3. The Morgan fingerprint density at radius 1 is 1.06 bits per heavy atom. The Labute approximate surface area is 185 Å². The van der Waals surface area contributed by atoms with Crippen LogP contribution < -0.4 is 10.4 Å². The third-order valence-electron chi connectivity index (χ3n) is 4.75. The standard InChI is InChI=1S/C21H17F3N4O4S/c1-2-33(30,31)17-10-15(14-6-4-3-5-7-14)11-25-19(17)28-20(29)27-12-16(8-9-18(27)26-28)32-13-21(22,23)24/h3-12H,2,13H2,1H3. The van der Waals surface area contributed by atoms with Gasteiger partial charge in [-0.3, -0.25) is 0 Å². The average molecular weight is 478 g/mol. The highest BCUT2D eigenvalue weighted by atomic mass is 32.2. The van der Waals surface area contributed by atoms with Crippen LogP contribution in [0.1, 0.15) is 6.92 Å². The highest BCUT2D eigenvalue weighted by molar-refractivity contribution is 7.91. The first-order chi connectivity index (χ1) is 15.6. The van der Waals surface area contributed by atoms with Crippen molar-refractivity contribution in [2.75, 3.05) is 12.4 Å². The average Bonchev–Trinajstić information content (AvgIpc) is 3.13. The number of rotatable bonds is 6. The van der Waals surface area contributed by atoms with Crippen molar-refractivity contribution < 1.29 is 26.3 Å². The van der Waals surface area contributed by atoms with E-state index in [2.05, 4.69) is 14.8 Å². The summed E-state index contributed by atoms with van der Waals surface area (Å²) in [5, 5.41) is 4.11. The SMILES string of the molecule is CCS(=O)(=O)c1cc(-c2ccccc2)cnc1-n1nc2ccc(OCC(F)(F)F)cn2c1=O. The molecule has 0 aliphatic heterocycles. The number of fused-ring (bicyclic) bond motifs is 1. The van der Waals surface area contributed by atoms with Crippen LogP contribution in [0.15, 0.2) is 70.6 Å². The molecule has 0 aliphatic carbocycles. The summed E-state index contributed by atoms with van der Waals surface area (Å²) >= 11 is 0. The van der Waals surface area contributed by atoms with Crippen molar-refractivity contribution in [3.63, 3.8) is 0 Å². The molecule has 0 fully saturated rings. The highest BCUT2D eigenvalue weighted by Gasteiger charge is 2.28. The van der Waals surface area contributed by atoms with Crippen LogP contribution in [0.4, 0.5) is 13.2 Å². The van der Waals surface area contributed by atoms with E-state index in [4.69, 9.17) is 0 Å². The lowest BCUT2D eigenvalue weighted by Gasteiger charge is -2.10. The Kier molecular flexibility index (Phi) is 5.70. The predicted octanol–water partition coefficient (Wildman–Crippen LogP) is 3.28. The number of hydrogen-bond donors (Lipinski definition) is 0. The van der Waals surface area contributed by atoms with Gasteiger partial charge in [-0.25, -0.2) is 22.6 Å². The van der Waals surface area contributed by atoms with Gasteiger partial charge < -0.3 is 4.74 Å². The van der Waals surface area contributed by atoms with Crippen LogP contribution in [0, 0.1) is 0 Å². The van der Waals surface area contributed by atoms with E-state index in [9.17, 15) is 26.4 Å². The number of sulfone groups is 1. The lowest BCUT2D eigenvalue weighted by Crippen LogP contribution is -2.23. The molecule has 0 radical (unpaired) electrons. The molecule has 4 rings (SSSR count). The molecule has 8 nitrogen and oxygen atoms in total. The van der Waals surface area contributed by atoms with Gasteiger partial charge in [-0.1, -0.05) is 37.3 Å². The molecular weight excluding hydrogens is 461 g/mol. The monoisotopic (exact) mass is 478 g/mol. The zero-order valence-electron chi connectivity index (χ0n) is 17.2. The van der Waals surface area contributed by atoms with Gasteiger partial charge in [0.2, 0.25) is 0 Å². The number of aromatic nitrogens is 4. The largest absolute Gasteiger partial charge is 0.483 e. The second kappa shape index (κ2) is 8.35. The van der Waals surface area contributed by atoms with E-state index >= 15 is 0 Å². The van der Waals surface area contributed by atoms with Crippen LogP contribution in [-0.2, 0) is 9.84 Å². The quantitative estimate of drug-likeness (QED) is 0.422. The van der Waals surface area contributed by atoms with Gasteiger partial charge in [0.25, 0.3) is 0 Å². The molecule has 0 aliphatic rings. The molecule has 0 spiro atoms. The molecule has 0 unspecified atom stereocenters. The maximum absolute atomic E-state index is 13.0. The normalized spacial score (nSPS) is 12.2. The third-order valence-corrected chi connectivity index (χ3v) is 6.48. The Hall–Kier alpha value is -3.67. The van der Waals surface area contributed by atoms with Crippen molar-refractivity contribution in [2.45, 2.75) is 18.0 Å². The van der Waals surface area contributed by atoms with Gasteiger partial charge in [0.1, 0.15) is 10.6 Å². The van der Waals surface area contributed by atoms with Crippen molar-refractivity contribution in [1.82, 2.24) is 19.2 Å². The predicted molar refractivity (Wildman–Crippen MR) is 113 cm³/mol. The second-order valence-electron chi connectivity index (χ2n) is 7.01. The number of ether oxygens (including phenoxy) is 1. The number of nitrogens with zero attached hydrogens (tertiary/aromatic N) is 4. The van der Waals surface area contributed by atoms with Crippen molar-refractivity contribution in [3.8, 4) is 22.7 Å². The molecule has 0 amide bonds. The van der Waals surface area contributed by atoms with E-state index in [0.29, 0.717) is 5.56 Å². The minimum Gasteiger partial charge on any atom is -0.483 e. The van der Waals surface area contributed by atoms with Gasteiger partial charge in [0.05, 0.1) is 11.9 Å². The smallest absolute Gasteiger partial charge is 0.422 e. The Morgan fingerprint density at radius 2 is 1.79 bits per heavy atom. The van der Waals surface area contributed by atoms with Gasteiger partial charge in [-0.05, 0) is 23.8 Å². The minimum atomic E-state index is -4.54. The molecule has 0 bridgehead atoms. The van der Waals surface area contributed by atoms with Crippen LogP contribution in [0.2, 0.25) is 0 Å². The Balaban J connectivity index is 1.85. The topological polar surface area (TPSA) is 95.6 Å². The molecule has 33 heavy (non-hydrogen) atoms. The first-order valence-electron chi connectivity index (χ1n) is 9.68. The summed E-state index contributed by atoms with van der Waals surface area (Å²) in [5.74, 6) is -0.643. The number of pyridine rings is 2. The van der Waals surface area contributed by atoms with E-state index in [1.165, 1.54) is 31.3 Å². The van der Waals surface area contributed by atoms with Gasteiger partial charge in [0, 0.05) is 11.8 Å². The summed E-state index contributed by atoms with van der Waals surface area (Å²) in [6.07, 6.45) is -2.06. The van der Waals surface area contributed by atoms with Crippen molar-refractivity contribution in [1.29, 1.82) is 0 Å². The van der Waals surface area contributed by atoms with Crippen molar-refractivity contribution in [2.24, 2.45) is 0 Å². The van der Waals surface area contributed by atoms with Gasteiger partial charge in [-0.2, -0.15) is 17.9 Å².